The Morgan fingerprint density at radius 3 is 3.29 bits per heavy atom. The van der Waals surface area contributed by atoms with Crippen LogP contribution in [0.2, 0.25) is 0 Å². The second-order valence-corrected chi connectivity index (χ2v) is 4.44. The standard InChI is InChI=1S/C12H20N4O/c1-2-5-13-9-10-4-3-8-16(10)11-12(17)15-7-6-14-11/h6-7,10,13H,2-5,8-9H2,1H3,(H,15,17). The van der Waals surface area contributed by atoms with Crippen molar-refractivity contribution in [2.45, 2.75) is 32.2 Å². The van der Waals surface area contributed by atoms with Crippen LogP contribution in [0.5, 0.6) is 0 Å². The summed E-state index contributed by atoms with van der Waals surface area (Å²) in [5.74, 6) is 0.563. The molecule has 1 aliphatic rings. The fourth-order valence-corrected chi connectivity index (χ4v) is 2.32. The van der Waals surface area contributed by atoms with Crippen LogP contribution in [-0.4, -0.2) is 35.6 Å². The van der Waals surface area contributed by atoms with Gasteiger partial charge in [-0.25, -0.2) is 4.98 Å². The lowest BCUT2D eigenvalue weighted by Gasteiger charge is -2.24. The third-order valence-corrected chi connectivity index (χ3v) is 3.14. The Bertz CT molecular complexity index is 403. The zero-order valence-electron chi connectivity index (χ0n) is 10.3. The van der Waals surface area contributed by atoms with E-state index in [-0.39, 0.29) is 5.56 Å². The van der Waals surface area contributed by atoms with E-state index in [9.17, 15) is 4.79 Å². The van der Waals surface area contributed by atoms with Gasteiger partial charge < -0.3 is 15.2 Å². The third kappa shape index (κ3) is 2.85. The molecule has 2 N–H and O–H groups in total. The fraction of sp³-hybridized carbons (Fsp3) is 0.667. The van der Waals surface area contributed by atoms with Gasteiger partial charge in [0.05, 0.1) is 0 Å². The highest BCUT2D eigenvalue weighted by Crippen LogP contribution is 2.20. The van der Waals surface area contributed by atoms with Crippen molar-refractivity contribution in [3.63, 3.8) is 0 Å². The number of nitrogens with one attached hydrogen (secondary N) is 2. The minimum Gasteiger partial charge on any atom is -0.348 e. The van der Waals surface area contributed by atoms with Gasteiger partial charge in [-0.2, -0.15) is 0 Å². The maximum absolute atomic E-state index is 11.7. The molecule has 1 aromatic heterocycles. The third-order valence-electron chi connectivity index (χ3n) is 3.14. The fourth-order valence-electron chi connectivity index (χ4n) is 2.32. The summed E-state index contributed by atoms with van der Waals surface area (Å²) in [6.45, 7) is 5.05. The molecule has 1 atom stereocenters. The Balaban J connectivity index is 2.04. The lowest BCUT2D eigenvalue weighted by Crippen LogP contribution is -2.41. The minimum absolute atomic E-state index is 0.0881. The van der Waals surface area contributed by atoms with Crippen LogP contribution in [0, 0.1) is 0 Å². The van der Waals surface area contributed by atoms with Gasteiger partial charge >= 0.3 is 0 Å². The summed E-state index contributed by atoms with van der Waals surface area (Å²) in [6.07, 6.45) is 6.62. The molecule has 5 nitrogen and oxygen atoms in total. The number of rotatable bonds is 5. The lowest BCUT2D eigenvalue weighted by molar-refractivity contribution is 0.567. The quantitative estimate of drug-likeness (QED) is 0.740. The van der Waals surface area contributed by atoms with Gasteiger partial charge in [0.25, 0.3) is 5.56 Å². The number of H-pyrrole nitrogens is 1. The summed E-state index contributed by atoms with van der Waals surface area (Å²) in [5, 5.41) is 3.41. The van der Waals surface area contributed by atoms with Crippen molar-refractivity contribution in [3.8, 4) is 0 Å². The van der Waals surface area contributed by atoms with Gasteiger partial charge in [-0.3, -0.25) is 4.79 Å². The largest absolute Gasteiger partial charge is 0.348 e. The predicted octanol–water partition coefficient (Wildman–Crippen LogP) is 0.738. The molecule has 1 aliphatic heterocycles. The monoisotopic (exact) mass is 236 g/mol. The molecule has 0 spiro atoms. The van der Waals surface area contributed by atoms with Crippen molar-refractivity contribution < 1.29 is 0 Å². The number of aromatic amines is 1. The highest BCUT2D eigenvalue weighted by atomic mass is 16.1. The molecule has 2 rings (SSSR count). The Labute approximate surface area is 101 Å². The van der Waals surface area contributed by atoms with E-state index < -0.39 is 0 Å². The van der Waals surface area contributed by atoms with Crippen molar-refractivity contribution in [1.82, 2.24) is 15.3 Å². The Morgan fingerprint density at radius 1 is 1.65 bits per heavy atom. The van der Waals surface area contributed by atoms with Crippen LogP contribution in [0.4, 0.5) is 5.82 Å². The first-order chi connectivity index (χ1) is 8.33. The van der Waals surface area contributed by atoms with Crippen molar-refractivity contribution in [2.75, 3.05) is 24.5 Å². The minimum atomic E-state index is -0.0881. The van der Waals surface area contributed by atoms with Crippen LogP contribution in [0.15, 0.2) is 17.2 Å². The first kappa shape index (κ1) is 12.1. The molecule has 0 radical (unpaired) electrons. The number of hydrogen-bond acceptors (Lipinski definition) is 4. The summed E-state index contributed by atoms with van der Waals surface area (Å²) in [7, 11) is 0. The first-order valence-corrected chi connectivity index (χ1v) is 6.34. The number of anilines is 1. The molecule has 0 aromatic carbocycles. The second-order valence-electron chi connectivity index (χ2n) is 4.44. The van der Waals surface area contributed by atoms with E-state index in [1.54, 1.807) is 12.4 Å². The van der Waals surface area contributed by atoms with Gasteiger partial charge in [-0.1, -0.05) is 6.92 Å². The average Bonchev–Trinajstić information content (AvgIpc) is 2.78. The van der Waals surface area contributed by atoms with E-state index in [0.717, 1.165) is 38.9 Å². The molecule has 17 heavy (non-hydrogen) atoms. The second kappa shape index (κ2) is 5.82. The van der Waals surface area contributed by atoms with Crippen molar-refractivity contribution in [2.24, 2.45) is 0 Å². The molecule has 0 aliphatic carbocycles. The van der Waals surface area contributed by atoms with Crippen LogP contribution in [-0.2, 0) is 0 Å². The number of nitrogens with zero attached hydrogens (tertiary/aromatic N) is 2. The molecule has 1 aromatic rings. The summed E-state index contributed by atoms with van der Waals surface area (Å²) in [4.78, 5) is 20.7. The van der Waals surface area contributed by atoms with Crippen molar-refractivity contribution in [1.29, 1.82) is 0 Å². The van der Waals surface area contributed by atoms with Crippen LogP contribution in [0.1, 0.15) is 26.2 Å². The topological polar surface area (TPSA) is 61.0 Å². The van der Waals surface area contributed by atoms with E-state index >= 15 is 0 Å². The molecule has 5 heteroatoms. The molecule has 94 valence electrons. The smallest absolute Gasteiger partial charge is 0.290 e. The predicted molar refractivity (Wildman–Crippen MR) is 68.4 cm³/mol. The van der Waals surface area contributed by atoms with Crippen molar-refractivity contribution in [3.05, 3.63) is 22.7 Å². The zero-order valence-corrected chi connectivity index (χ0v) is 10.3. The van der Waals surface area contributed by atoms with Gasteiger partial charge in [0.2, 0.25) is 0 Å². The van der Waals surface area contributed by atoms with Gasteiger partial charge in [0.15, 0.2) is 5.82 Å². The van der Waals surface area contributed by atoms with Crippen LogP contribution < -0.4 is 15.8 Å². The molecule has 0 amide bonds. The Kier molecular flexibility index (Phi) is 4.14. The normalized spacial score (nSPS) is 19.8. The van der Waals surface area contributed by atoms with Gasteiger partial charge in [0, 0.05) is 31.5 Å². The molecule has 0 bridgehead atoms. The molecule has 1 unspecified atom stereocenters. The number of aromatic nitrogens is 2. The summed E-state index contributed by atoms with van der Waals surface area (Å²) in [5.41, 5.74) is -0.0881. The molecule has 2 heterocycles. The summed E-state index contributed by atoms with van der Waals surface area (Å²) >= 11 is 0. The van der Waals surface area contributed by atoms with Crippen LogP contribution >= 0.6 is 0 Å². The maximum atomic E-state index is 11.7. The average molecular weight is 236 g/mol. The van der Waals surface area contributed by atoms with Crippen LogP contribution in [0.3, 0.4) is 0 Å². The Morgan fingerprint density at radius 2 is 2.53 bits per heavy atom. The molecule has 0 saturated carbocycles. The lowest BCUT2D eigenvalue weighted by atomic mass is 10.2. The van der Waals surface area contributed by atoms with E-state index in [1.807, 2.05) is 0 Å². The van der Waals surface area contributed by atoms with E-state index in [1.165, 1.54) is 0 Å². The van der Waals surface area contributed by atoms with Gasteiger partial charge in [-0.05, 0) is 25.8 Å². The highest BCUT2D eigenvalue weighted by Gasteiger charge is 2.26. The van der Waals surface area contributed by atoms with E-state index in [0.29, 0.717) is 11.9 Å². The highest BCUT2D eigenvalue weighted by molar-refractivity contribution is 5.38. The van der Waals surface area contributed by atoms with E-state index in [4.69, 9.17) is 0 Å². The zero-order chi connectivity index (χ0) is 12.1. The van der Waals surface area contributed by atoms with Gasteiger partial charge in [-0.15, -0.1) is 0 Å². The SMILES string of the molecule is CCCNCC1CCCN1c1ncc[nH]c1=O. The van der Waals surface area contributed by atoms with Crippen molar-refractivity contribution >= 4 is 5.82 Å². The van der Waals surface area contributed by atoms with E-state index in [2.05, 4.69) is 27.1 Å². The maximum Gasteiger partial charge on any atom is 0.290 e. The van der Waals surface area contributed by atoms with Crippen LogP contribution in [0.25, 0.3) is 0 Å². The summed E-state index contributed by atoms with van der Waals surface area (Å²) in [6, 6.07) is 0.401. The molecular formula is C12H20N4O. The molecule has 1 fully saturated rings. The Hall–Kier alpha value is -1.36. The first-order valence-electron chi connectivity index (χ1n) is 6.34. The molecular weight excluding hydrogens is 216 g/mol. The number of hydrogen-bond donors (Lipinski definition) is 2. The summed E-state index contributed by atoms with van der Waals surface area (Å²) < 4.78 is 0. The molecule has 1 saturated heterocycles. The van der Waals surface area contributed by atoms with Gasteiger partial charge in [0.1, 0.15) is 0 Å².